The fraction of sp³-hybridized carbons (Fsp3) is 0.286. The topological polar surface area (TPSA) is 54.0 Å². The Hall–Kier alpha value is -2.10. The fourth-order valence-electron chi connectivity index (χ4n) is 1.70. The molecule has 0 spiro atoms. The van der Waals surface area contributed by atoms with E-state index in [9.17, 15) is 4.79 Å². The maximum absolute atomic E-state index is 11.8. The van der Waals surface area contributed by atoms with Crippen LogP contribution in [0.1, 0.15) is 20.3 Å². The van der Waals surface area contributed by atoms with Crippen LogP contribution in [0.3, 0.4) is 0 Å². The van der Waals surface area contributed by atoms with Gasteiger partial charge in [0.15, 0.2) is 0 Å². The molecule has 2 aromatic rings. The van der Waals surface area contributed by atoms with Gasteiger partial charge in [0.25, 0.3) is 0 Å². The lowest BCUT2D eigenvalue weighted by Gasteiger charge is -2.13. The number of carbonyl (C=O) groups excluding carboxylic acids is 1. The van der Waals surface area contributed by atoms with Crippen LogP contribution >= 0.6 is 0 Å². The summed E-state index contributed by atoms with van der Waals surface area (Å²) in [6, 6.07) is 9.47. The molecule has 0 saturated heterocycles. The molecule has 0 aliphatic rings. The van der Waals surface area contributed by atoms with Gasteiger partial charge in [-0.1, -0.05) is 13.0 Å². The Morgan fingerprint density at radius 1 is 1.33 bits per heavy atom. The van der Waals surface area contributed by atoms with Gasteiger partial charge in [-0.3, -0.25) is 4.98 Å². The van der Waals surface area contributed by atoms with Crippen molar-refractivity contribution in [1.82, 2.24) is 10.3 Å². The first kappa shape index (κ1) is 12.4. The van der Waals surface area contributed by atoms with Gasteiger partial charge in [0.1, 0.15) is 0 Å². The smallest absolute Gasteiger partial charge is 0.319 e. The van der Waals surface area contributed by atoms with Crippen molar-refractivity contribution in [3.8, 4) is 0 Å². The average Bonchev–Trinajstić information content (AvgIpc) is 2.39. The molecule has 18 heavy (non-hydrogen) atoms. The maximum atomic E-state index is 11.8. The number of hydrogen-bond donors (Lipinski definition) is 2. The minimum absolute atomic E-state index is 0.165. The zero-order chi connectivity index (χ0) is 13.0. The Kier molecular flexibility index (Phi) is 3.77. The molecule has 0 aliphatic carbocycles. The van der Waals surface area contributed by atoms with Crippen molar-refractivity contribution >= 4 is 22.6 Å². The number of rotatable bonds is 3. The number of benzene rings is 1. The minimum Gasteiger partial charge on any atom is -0.335 e. The van der Waals surface area contributed by atoms with Crippen LogP contribution in [0.25, 0.3) is 10.9 Å². The zero-order valence-electron chi connectivity index (χ0n) is 10.6. The normalized spacial score (nSPS) is 12.1. The van der Waals surface area contributed by atoms with E-state index < -0.39 is 0 Å². The quantitative estimate of drug-likeness (QED) is 0.870. The largest absolute Gasteiger partial charge is 0.335 e. The van der Waals surface area contributed by atoms with Gasteiger partial charge in [-0.15, -0.1) is 0 Å². The lowest BCUT2D eigenvalue weighted by Crippen LogP contribution is -2.35. The second kappa shape index (κ2) is 5.49. The van der Waals surface area contributed by atoms with Crippen molar-refractivity contribution in [2.24, 2.45) is 0 Å². The minimum atomic E-state index is -0.180. The summed E-state index contributed by atoms with van der Waals surface area (Å²) in [6.07, 6.45) is 2.65. The second-order valence-corrected chi connectivity index (χ2v) is 4.28. The molecule has 0 bridgehead atoms. The monoisotopic (exact) mass is 243 g/mol. The average molecular weight is 243 g/mol. The Morgan fingerprint density at radius 3 is 2.94 bits per heavy atom. The molecule has 2 rings (SSSR count). The van der Waals surface area contributed by atoms with E-state index in [2.05, 4.69) is 15.6 Å². The van der Waals surface area contributed by atoms with Crippen LogP contribution in [-0.4, -0.2) is 17.1 Å². The lowest BCUT2D eigenvalue weighted by molar-refractivity contribution is 0.249. The maximum Gasteiger partial charge on any atom is 0.319 e. The van der Waals surface area contributed by atoms with Crippen LogP contribution in [0.15, 0.2) is 36.5 Å². The Bertz CT molecular complexity index is 548. The molecule has 0 fully saturated rings. The van der Waals surface area contributed by atoms with Crippen molar-refractivity contribution in [1.29, 1.82) is 0 Å². The van der Waals surface area contributed by atoms with Gasteiger partial charge >= 0.3 is 6.03 Å². The van der Waals surface area contributed by atoms with Gasteiger partial charge in [0.05, 0.1) is 11.2 Å². The van der Waals surface area contributed by atoms with E-state index in [-0.39, 0.29) is 12.1 Å². The standard InChI is InChI=1S/C14H17N3O/c1-3-10(2)16-14(18)17-13-8-4-7-12-11(13)6-5-9-15-12/h4-10H,3H2,1-2H3,(H2,16,17,18)/t10-/m0/s1. The lowest BCUT2D eigenvalue weighted by atomic mass is 10.2. The molecular formula is C14H17N3O. The molecule has 4 nitrogen and oxygen atoms in total. The first-order valence-electron chi connectivity index (χ1n) is 6.12. The third kappa shape index (κ3) is 2.77. The SMILES string of the molecule is CC[C@H](C)NC(=O)Nc1cccc2ncccc12. The van der Waals surface area contributed by atoms with Crippen molar-refractivity contribution in [2.45, 2.75) is 26.3 Å². The number of carbonyl (C=O) groups is 1. The molecule has 4 heteroatoms. The van der Waals surface area contributed by atoms with E-state index in [0.717, 1.165) is 23.0 Å². The molecule has 0 unspecified atom stereocenters. The zero-order valence-corrected chi connectivity index (χ0v) is 10.6. The number of nitrogens with zero attached hydrogens (tertiary/aromatic N) is 1. The third-order valence-electron chi connectivity index (χ3n) is 2.88. The highest BCUT2D eigenvalue weighted by molar-refractivity contribution is 6.00. The number of pyridine rings is 1. The number of hydrogen-bond acceptors (Lipinski definition) is 2. The van der Waals surface area contributed by atoms with E-state index in [0.29, 0.717) is 0 Å². The molecule has 1 atom stereocenters. The molecule has 1 heterocycles. The first-order valence-corrected chi connectivity index (χ1v) is 6.12. The van der Waals surface area contributed by atoms with Gasteiger partial charge in [0.2, 0.25) is 0 Å². The van der Waals surface area contributed by atoms with E-state index in [1.165, 1.54) is 0 Å². The summed E-state index contributed by atoms with van der Waals surface area (Å²) in [4.78, 5) is 16.0. The molecule has 2 N–H and O–H groups in total. The van der Waals surface area contributed by atoms with Crippen molar-refractivity contribution < 1.29 is 4.79 Å². The highest BCUT2D eigenvalue weighted by Crippen LogP contribution is 2.20. The number of nitrogens with one attached hydrogen (secondary N) is 2. The Labute approximate surface area is 106 Å². The summed E-state index contributed by atoms with van der Waals surface area (Å²) >= 11 is 0. The molecule has 0 aliphatic heterocycles. The number of fused-ring (bicyclic) bond motifs is 1. The van der Waals surface area contributed by atoms with Gasteiger partial charge in [0, 0.05) is 17.6 Å². The van der Waals surface area contributed by atoms with E-state index in [1.807, 2.05) is 44.2 Å². The molecule has 2 amide bonds. The van der Waals surface area contributed by atoms with Crippen LogP contribution in [0.2, 0.25) is 0 Å². The van der Waals surface area contributed by atoms with Crippen molar-refractivity contribution in [2.75, 3.05) is 5.32 Å². The van der Waals surface area contributed by atoms with E-state index in [4.69, 9.17) is 0 Å². The van der Waals surface area contributed by atoms with Crippen LogP contribution in [0.5, 0.6) is 0 Å². The number of anilines is 1. The Balaban J connectivity index is 2.19. The summed E-state index contributed by atoms with van der Waals surface area (Å²) < 4.78 is 0. The van der Waals surface area contributed by atoms with Crippen LogP contribution in [0.4, 0.5) is 10.5 Å². The van der Waals surface area contributed by atoms with Gasteiger partial charge < -0.3 is 10.6 Å². The second-order valence-electron chi connectivity index (χ2n) is 4.28. The van der Waals surface area contributed by atoms with E-state index >= 15 is 0 Å². The van der Waals surface area contributed by atoms with Crippen LogP contribution in [0, 0.1) is 0 Å². The number of aromatic nitrogens is 1. The molecule has 0 radical (unpaired) electrons. The predicted molar refractivity (Wildman–Crippen MR) is 73.7 cm³/mol. The summed E-state index contributed by atoms with van der Waals surface area (Å²) in [5, 5.41) is 6.68. The molecule has 94 valence electrons. The predicted octanol–water partition coefficient (Wildman–Crippen LogP) is 3.15. The molecule has 0 saturated carbocycles. The fourth-order valence-corrected chi connectivity index (χ4v) is 1.70. The number of urea groups is 1. The van der Waals surface area contributed by atoms with Gasteiger partial charge in [-0.05, 0) is 37.6 Å². The summed E-state index contributed by atoms with van der Waals surface area (Å²) in [5.74, 6) is 0. The highest BCUT2D eigenvalue weighted by atomic mass is 16.2. The summed E-state index contributed by atoms with van der Waals surface area (Å²) in [7, 11) is 0. The summed E-state index contributed by atoms with van der Waals surface area (Å²) in [6.45, 7) is 4.01. The van der Waals surface area contributed by atoms with Crippen molar-refractivity contribution in [3.63, 3.8) is 0 Å². The summed E-state index contributed by atoms with van der Waals surface area (Å²) in [5.41, 5.74) is 1.65. The third-order valence-corrected chi connectivity index (χ3v) is 2.88. The number of amides is 2. The Morgan fingerprint density at radius 2 is 2.17 bits per heavy atom. The van der Waals surface area contributed by atoms with Gasteiger partial charge in [-0.25, -0.2) is 4.79 Å². The van der Waals surface area contributed by atoms with Crippen molar-refractivity contribution in [3.05, 3.63) is 36.5 Å². The van der Waals surface area contributed by atoms with Crippen LogP contribution in [-0.2, 0) is 0 Å². The molecule has 1 aromatic heterocycles. The molecule has 1 aromatic carbocycles. The van der Waals surface area contributed by atoms with E-state index in [1.54, 1.807) is 6.20 Å². The first-order chi connectivity index (χ1) is 8.70. The highest BCUT2D eigenvalue weighted by Gasteiger charge is 2.07. The molecular weight excluding hydrogens is 226 g/mol. The van der Waals surface area contributed by atoms with Crippen LogP contribution < -0.4 is 10.6 Å². The van der Waals surface area contributed by atoms with Gasteiger partial charge in [-0.2, -0.15) is 0 Å².